The number of amides is 1. The van der Waals surface area contributed by atoms with Crippen molar-refractivity contribution in [3.05, 3.63) is 0 Å². The third-order valence-electron chi connectivity index (χ3n) is 2.58. The fourth-order valence-corrected chi connectivity index (χ4v) is 1.41. The molecule has 1 atom stereocenters. The Labute approximate surface area is 87.4 Å². The van der Waals surface area contributed by atoms with Gasteiger partial charge in [0.2, 0.25) is 5.91 Å². The lowest BCUT2D eigenvalue weighted by Gasteiger charge is -2.28. The molecule has 0 aromatic rings. The summed E-state index contributed by atoms with van der Waals surface area (Å²) in [7, 11) is 0. The molecule has 3 heteroatoms. The van der Waals surface area contributed by atoms with Crippen LogP contribution in [-0.2, 0) is 4.79 Å². The van der Waals surface area contributed by atoms with E-state index in [0.29, 0.717) is 6.04 Å². The second-order valence-corrected chi connectivity index (χ2v) is 4.38. The second kappa shape index (κ2) is 6.02. The SMILES string of the molecule is CCCCC(CC)NC(C)(C)C(N)=O. The number of nitrogens with two attached hydrogens (primary N) is 1. The molecular weight excluding hydrogens is 176 g/mol. The van der Waals surface area contributed by atoms with E-state index in [1.165, 1.54) is 12.8 Å². The van der Waals surface area contributed by atoms with Crippen LogP contribution in [0.4, 0.5) is 0 Å². The Morgan fingerprint density at radius 3 is 2.36 bits per heavy atom. The number of rotatable bonds is 7. The standard InChI is InChI=1S/C11H24N2O/c1-5-7-8-9(6-2)13-11(3,4)10(12)14/h9,13H,5-8H2,1-4H3,(H2,12,14). The number of nitrogens with one attached hydrogen (secondary N) is 1. The fraction of sp³-hybridized carbons (Fsp3) is 0.909. The lowest BCUT2D eigenvalue weighted by Crippen LogP contribution is -2.54. The van der Waals surface area contributed by atoms with Crippen LogP contribution in [0.1, 0.15) is 53.4 Å². The molecule has 0 rings (SSSR count). The summed E-state index contributed by atoms with van der Waals surface area (Å²) in [4.78, 5) is 11.1. The van der Waals surface area contributed by atoms with Crippen LogP contribution >= 0.6 is 0 Å². The molecule has 0 spiro atoms. The number of hydrogen-bond acceptors (Lipinski definition) is 2. The summed E-state index contributed by atoms with van der Waals surface area (Å²) < 4.78 is 0. The zero-order chi connectivity index (χ0) is 11.2. The molecule has 0 aromatic heterocycles. The Morgan fingerprint density at radius 1 is 1.43 bits per heavy atom. The van der Waals surface area contributed by atoms with E-state index in [-0.39, 0.29) is 5.91 Å². The van der Waals surface area contributed by atoms with Gasteiger partial charge in [0.15, 0.2) is 0 Å². The highest BCUT2D eigenvalue weighted by Crippen LogP contribution is 2.10. The van der Waals surface area contributed by atoms with Crippen LogP contribution in [0.25, 0.3) is 0 Å². The highest BCUT2D eigenvalue weighted by atomic mass is 16.1. The highest BCUT2D eigenvalue weighted by Gasteiger charge is 2.26. The summed E-state index contributed by atoms with van der Waals surface area (Å²) >= 11 is 0. The van der Waals surface area contributed by atoms with Crippen LogP contribution in [0.2, 0.25) is 0 Å². The van der Waals surface area contributed by atoms with Gasteiger partial charge in [0.05, 0.1) is 5.54 Å². The third kappa shape index (κ3) is 4.61. The van der Waals surface area contributed by atoms with Crippen molar-refractivity contribution in [2.24, 2.45) is 5.73 Å². The van der Waals surface area contributed by atoms with Crippen LogP contribution in [0.15, 0.2) is 0 Å². The molecule has 0 aliphatic carbocycles. The van der Waals surface area contributed by atoms with Gasteiger partial charge in [-0.15, -0.1) is 0 Å². The second-order valence-electron chi connectivity index (χ2n) is 4.38. The zero-order valence-corrected chi connectivity index (χ0v) is 9.89. The molecule has 0 heterocycles. The molecule has 1 unspecified atom stereocenters. The van der Waals surface area contributed by atoms with E-state index in [0.717, 1.165) is 12.8 Å². The fourth-order valence-electron chi connectivity index (χ4n) is 1.41. The van der Waals surface area contributed by atoms with E-state index >= 15 is 0 Å². The monoisotopic (exact) mass is 200 g/mol. The lowest BCUT2D eigenvalue weighted by atomic mass is 9.99. The van der Waals surface area contributed by atoms with E-state index in [9.17, 15) is 4.79 Å². The van der Waals surface area contributed by atoms with Gasteiger partial charge in [0.1, 0.15) is 0 Å². The van der Waals surface area contributed by atoms with Crippen molar-refractivity contribution >= 4 is 5.91 Å². The Balaban J connectivity index is 4.09. The Kier molecular flexibility index (Phi) is 5.77. The maximum Gasteiger partial charge on any atom is 0.237 e. The summed E-state index contributed by atoms with van der Waals surface area (Å²) in [5.41, 5.74) is 4.71. The van der Waals surface area contributed by atoms with E-state index in [4.69, 9.17) is 5.73 Å². The van der Waals surface area contributed by atoms with Crippen molar-refractivity contribution in [2.75, 3.05) is 0 Å². The van der Waals surface area contributed by atoms with Gasteiger partial charge in [-0.2, -0.15) is 0 Å². The van der Waals surface area contributed by atoms with Gasteiger partial charge in [-0.05, 0) is 26.7 Å². The van der Waals surface area contributed by atoms with E-state index in [2.05, 4.69) is 19.2 Å². The van der Waals surface area contributed by atoms with Crippen LogP contribution < -0.4 is 11.1 Å². The summed E-state index contributed by atoms with van der Waals surface area (Å²) in [6.07, 6.45) is 4.54. The van der Waals surface area contributed by atoms with Crippen molar-refractivity contribution in [1.29, 1.82) is 0 Å². The number of primary amides is 1. The molecule has 0 saturated heterocycles. The number of carbonyl (C=O) groups excluding carboxylic acids is 1. The van der Waals surface area contributed by atoms with Gasteiger partial charge in [-0.1, -0.05) is 26.7 Å². The molecule has 0 radical (unpaired) electrons. The first kappa shape index (κ1) is 13.4. The predicted octanol–water partition coefficient (Wildman–Crippen LogP) is 1.81. The number of unbranched alkanes of at least 4 members (excludes halogenated alkanes) is 1. The van der Waals surface area contributed by atoms with Gasteiger partial charge >= 0.3 is 0 Å². The molecule has 84 valence electrons. The molecule has 14 heavy (non-hydrogen) atoms. The first-order valence-electron chi connectivity index (χ1n) is 5.51. The average Bonchev–Trinajstić information content (AvgIpc) is 2.11. The number of hydrogen-bond donors (Lipinski definition) is 2. The molecule has 0 aromatic carbocycles. The van der Waals surface area contributed by atoms with Gasteiger partial charge in [0, 0.05) is 6.04 Å². The molecule has 0 aliphatic heterocycles. The summed E-state index contributed by atoms with van der Waals surface area (Å²) in [6.45, 7) is 7.98. The quantitative estimate of drug-likeness (QED) is 0.658. The molecule has 3 N–H and O–H groups in total. The molecule has 0 aliphatic rings. The van der Waals surface area contributed by atoms with Crippen LogP contribution in [0, 0.1) is 0 Å². The van der Waals surface area contributed by atoms with Crippen molar-refractivity contribution in [3.8, 4) is 0 Å². The molecule has 0 bridgehead atoms. The van der Waals surface area contributed by atoms with E-state index < -0.39 is 5.54 Å². The van der Waals surface area contributed by atoms with Crippen molar-refractivity contribution in [1.82, 2.24) is 5.32 Å². The third-order valence-corrected chi connectivity index (χ3v) is 2.58. The predicted molar refractivity (Wildman–Crippen MR) is 60.0 cm³/mol. The first-order chi connectivity index (χ1) is 6.44. The minimum absolute atomic E-state index is 0.285. The maximum absolute atomic E-state index is 11.1. The number of carbonyl (C=O) groups is 1. The van der Waals surface area contributed by atoms with Gasteiger partial charge in [0.25, 0.3) is 0 Å². The van der Waals surface area contributed by atoms with Crippen LogP contribution in [-0.4, -0.2) is 17.5 Å². The highest BCUT2D eigenvalue weighted by molar-refractivity contribution is 5.83. The molecule has 3 nitrogen and oxygen atoms in total. The topological polar surface area (TPSA) is 55.1 Å². The average molecular weight is 200 g/mol. The molecular formula is C11H24N2O. The van der Waals surface area contributed by atoms with Crippen LogP contribution in [0.5, 0.6) is 0 Å². The minimum Gasteiger partial charge on any atom is -0.368 e. The summed E-state index contributed by atoms with van der Waals surface area (Å²) in [5.74, 6) is -0.285. The summed E-state index contributed by atoms with van der Waals surface area (Å²) in [6, 6.07) is 0.400. The van der Waals surface area contributed by atoms with Gasteiger partial charge in [-0.25, -0.2) is 0 Å². The van der Waals surface area contributed by atoms with E-state index in [1.807, 2.05) is 13.8 Å². The van der Waals surface area contributed by atoms with Crippen LogP contribution in [0.3, 0.4) is 0 Å². The largest absolute Gasteiger partial charge is 0.368 e. The Bertz CT molecular complexity index is 178. The van der Waals surface area contributed by atoms with Crippen molar-refractivity contribution in [3.63, 3.8) is 0 Å². The maximum atomic E-state index is 11.1. The first-order valence-corrected chi connectivity index (χ1v) is 5.51. The van der Waals surface area contributed by atoms with E-state index in [1.54, 1.807) is 0 Å². The molecule has 0 saturated carbocycles. The van der Waals surface area contributed by atoms with Gasteiger partial charge < -0.3 is 11.1 Å². The van der Waals surface area contributed by atoms with Crippen molar-refractivity contribution in [2.45, 2.75) is 65.0 Å². The Morgan fingerprint density at radius 2 is 2.00 bits per heavy atom. The normalized spacial score (nSPS) is 14.0. The smallest absolute Gasteiger partial charge is 0.237 e. The minimum atomic E-state index is -0.589. The molecule has 1 amide bonds. The van der Waals surface area contributed by atoms with Crippen molar-refractivity contribution < 1.29 is 4.79 Å². The summed E-state index contributed by atoms with van der Waals surface area (Å²) in [5, 5.41) is 3.30. The lowest BCUT2D eigenvalue weighted by molar-refractivity contribution is -0.123. The molecule has 0 fully saturated rings. The Hall–Kier alpha value is -0.570. The van der Waals surface area contributed by atoms with Gasteiger partial charge in [-0.3, -0.25) is 4.79 Å². The zero-order valence-electron chi connectivity index (χ0n) is 9.89.